The molecule has 0 spiro atoms. The van der Waals surface area contributed by atoms with Crippen molar-refractivity contribution < 1.29 is 9.21 Å². The third kappa shape index (κ3) is 3.08. The van der Waals surface area contributed by atoms with Gasteiger partial charge in [0.25, 0.3) is 5.91 Å². The molecule has 3 rings (SSSR count). The highest BCUT2D eigenvalue weighted by Crippen LogP contribution is 2.23. The molecule has 1 heterocycles. The number of benzene rings is 2. The zero-order valence-corrected chi connectivity index (χ0v) is 14.0. The molecular weight excluding hydrogens is 302 g/mol. The zero-order valence-electron chi connectivity index (χ0n) is 14.0. The van der Waals surface area contributed by atoms with Gasteiger partial charge in [0.15, 0.2) is 0 Å². The van der Waals surface area contributed by atoms with Crippen molar-refractivity contribution in [3.8, 4) is 0 Å². The molecule has 2 aromatic carbocycles. The standard InChI is InChI=1S/C20H19NO3/c1-12-8-14(3)19-15(10-18(22)24-17(19)9-12)11-21-20(23)16-7-5-4-6-13(16)2/h4-10H,11H2,1-3H3,(H,21,23). The predicted octanol–water partition coefficient (Wildman–Crippen LogP) is 3.65. The lowest BCUT2D eigenvalue weighted by Crippen LogP contribution is -2.24. The van der Waals surface area contributed by atoms with Crippen LogP contribution >= 0.6 is 0 Å². The molecule has 1 amide bonds. The molecule has 1 N–H and O–H groups in total. The molecule has 122 valence electrons. The number of aryl methyl sites for hydroxylation is 3. The number of rotatable bonds is 3. The van der Waals surface area contributed by atoms with Crippen LogP contribution in [0.2, 0.25) is 0 Å². The van der Waals surface area contributed by atoms with E-state index in [2.05, 4.69) is 5.32 Å². The second kappa shape index (κ2) is 6.32. The number of amides is 1. The lowest BCUT2D eigenvalue weighted by atomic mass is 10.0. The van der Waals surface area contributed by atoms with Gasteiger partial charge in [-0.3, -0.25) is 4.79 Å². The van der Waals surface area contributed by atoms with Gasteiger partial charge >= 0.3 is 5.63 Å². The zero-order chi connectivity index (χ0) is 17.3. The van der Waals surface area contributed by atoms with E-state index in [1.807, 2.05) is 51.1 Å². The predicted molar refractivity (Wildman–Crippen MR) is 94.3 cm³/mol. The molecule has 0 aliphatic rings. The van der Waals surface area contributed by atoms with Gasteiger partial charge in [-0.2, -0.15) is 0 Å². The monoisotopic (exact) mass is 321 g/mol. The number of hydrogen-bond donors (Lipinski definition) is 1. The third-order valence-electron chi connectivity index (χ3n) is 4.10. The Hall–Kier alpha value is -2.88. The van der Waals surface area contributed by atoms with Gasteiger partial charge in [0.05, 0.1) is 0 Å². The van der Waals surface area contributed by atoms with Crippen LogP contribution in [-0.2, 0) is 6.54 Å². The molecule has 0 aliphatic heterocycles. The normalized spacial score (nSPS) is 10.8. The van der Waals surface area contributed by atoms with E-state index >= 15 is 0 Å². The summed E-state index contributed by atoms with van der Waals surface area (Å²) in [5.74, 6) is -0.153. The minimum atomic E-state index is -0.410. The van der Waals surface area contributed by atoms with Crippen molar-refractivity contribution in [1.82, 2.24) is 5.32 Å². The fourth-order valence-corrected chi connectivity index (χ4v) is 3.01. The number of hydrogen-bond acceptors (Lipinski definition) is 3. The average Bonchev–Trinajstić information content (AvgIpc) is 2.51. The van der Waals surface area contributed by atoms with Gasteiger partial charge in [0, 0.05) is 23.6 Å². The first-order valence-electron chi connectivity index (χ1n) is 7.83. The lowest BCUT2D eigenvalue weighted by Gasteiger charge is -2.11. The van der Waals surface area contributed by atoms with Crippen LogP contribution in [0.25, 0.3) is 11.0 Å². The van der Waals surface area contributed by atoms with Crippen molar-refractivity contribution in [3.63, 3.8) is 0 Å². The van der Waals surface area contributed by atoms with Crippen molar-refractivity contribution >= 4 is 16.9 Å². The molecule has 0 saturated carbocycles. The minimum absolute atomic E-state index is 0.153. The van der Waals surface area contributed by atoms with E-state index in [0.29, 0.717) is 11.1 Å². The summed E-state index contributed by atoms with van der Waals surface area (Å²) in [6, 6.07) is 12.7. The maximum absolute atomic E-state index is 12.4. The molecule has 24 heavy (non-hydrogen) atoms. The first-order chi connectivity index (χ1) is 11.5. The summed E-state index contributed by atoms with van der Waals surface area (Å²) in [4.78, 5) is 24.2. The highest BCUT2D eigenvalue weighted by atomic mass is 16.4. The smallest absolute Gasteiger partial charge is 0.336 e. The Labute approximate surface area is 140 Å². The van der Waals surface area contributed by atoms with E-state index < -0.39 is 5.63 Å². The molecular formula is C20H19NO3. The van der Waals surface area contributed by atoms with Crippen LogP contribution in [0.5, 0.6) is 0 Å². The largest absolute Gasteiger partial charge is 0.423 e. The van der Waals surface area contributed by atoms with E-state index in [4.69, 9.17) is 4.42 Å². The fourth-order valence-electron chi connectivity index (χ4n) is 3.01. The molecule has 4 nitrogen and oxygen atoms in total. The van der Waals surface area contributed by atoms with Crippen molar-refractivity contribution in [2.45, 2.75) is 27.3 Å². The van der Waals surface area contributed by atoms with Gasteiger partial charge in [-0.05, 0) is 55.2 Å². The second-order valence-corrected chi connectivity index (χ2v) is 6.04. The van der Waals surface area contributed by atoms with Gasteiger partial charge in [-0.15, -0.1) is 0 Å². The number of nitrogens with one attached hydrogen (secondary N) is 1. The Balaban J connectivity index is 1.95. The summed E-state index contributed by atoms with van der Waals surface area (Å²) < 4.78 is 5.31. The van der Waals surface area contributed by atoms with Crippen LogP contribution in [0.3, 0.4) is 0 Å². The fraction of sp³-hybridized carbons (Fsp3) is 0.200. The highest BCUT2D eigenvalue weighted by molar-refractivity contribution is 5.95. The molecule has 1 aromatic heterocycles. The van der Waals surface area contributed by atoms with E-state index in [1.165, 1.54) is 6.07 Å². The Morgan fingerprint density at radius 1 is 1.04 bits per heavy atom. The molecule has 0 unspecified atom stereocenters. The van der Waals surface area contributed by atoms with Gasteiger partial charge in [-0.25, -0.2) is 4.79 Å². The number of carbonyl (C=O) groups is 1. The van der Waals surface area contributed by atoms with E-state index in [9.17, 15) is 9.59 Å². The summed E-state index contributed by atoms with van der Waals surface area (Å²) in [7, 11) is 0. The SMILES string of the molecule is Cc1cc(C)c2c(CNC(=O)c3ccccc3C)cc(=O)oc2c1. The van der Waals surface area contributed by atoms with Crippen LogP contribution in [0.1, 0.15) is 32.6 Å². The summed E-state index contributed by atoms with van der Waals surface area (Å²) in [6.07, 6.45) is 0. The van der Waals surface area contributed by atoms with Crippen LogP contribution in [-0.4, -0.2) is 5.91 Å². The van der Waals surface area contributed by atoms with Crippen molar-refractivity contribution in [3.05, 3.63) is 80.7 Å². The van der Waals surface area contributed by atoms with Crippen LogP contribution < -0.4 is 10.9 Å². The summed E-state index contributed by atoms with van der Waals surface area (Å²) in [6.45, 7) is 6.11. The molecule has 4 heteroatoms. The maximum Gasteiger partial charge on any atom is 0.336 e. The summed E-state index contributed by atoms with van der Waals surface area (Å²) in [5, 5.41) is 3.78. The molecule has 0 bridgehead atoms. The summed E-state index contributed by atoms with van der Waals surface area (Å²) >= 11 is 0. The Bertz CT molecular complexity index is 986. The molecule has 0 saturated heterocycles. The van der Waals surface area contributed by atoms with Crippen LogP contribution in [0.15, 0.2) is 51.7 Å². The molecule has 3 aromatic rings. The quantitative estimate of drug-likeness (QED) is 0.749. The Morgan fingerprint density at radius 2 is 1.79 bits per heavy atom. The Kier molecular flexibility index (Phi) is 4.21. The second-order valence-electron chi connectivity index (χ2n) is 6.04. The molecule has 0 fully saturated rings. The topological polar surface area (TPSA) is 59.3 Å². The van der Waals surface area contributed by atoms with E-state index in [1.54, 1.807) is 6.07 Å². The first kappa shape index (κ1) is 16.0. The van der Waals surface area contributed by atoms with Crippen LogP contribution in [0, 0.1) is 20.8 Å². The van der Waals surface area contributed by atoms with Crippen molar-refractivity contribution in [1.29, 1.82) is 0 Å². The average molecular weight is 321 g/mol. The highest BCUT2D eigenvalue weighted by Gasteiger charge is 2.12. The summed E-state index contributed by atoms with van der Waals surface area (Å²) in [5.41, 5.74) is 4.52. The maximum atomic E-state index is 12.4. The molecule has 0 atom stereocenters. The van der Waals surface area contributed by atoms with Gasteiger partial charge in [0.1, 0.15) is 5.58 Å². The molecule has 0 aliphatic carbocycles. The lowest BCUT2D eigenvalue weighted by molar-refractivity contribution is 0.0950. The van der Waals surface area contributed by atoms with E-state index in [0.717, 1.165) is 27.6 Å². The Morgan fingerprint density at radius 3 is 2.54 bits per heavy atom. The molecule has 0 radical (unpaired) electrons. The third-order valence-corrected chi connectivity index (χ3v) is 4.10. The van der Waals surface area contributed by atoms with Crippen LogP contribution in [0.4, 0.5) is 0 Å². The van der Waals surface area contributed by atoms with Gasteiger partial charge in [-0.1, -0.05) is 24.3 Å². The van der Waals surface area contributed by atoms with Gasteiger partial charge < -0.3 is 9.73 Å². The number of carbonyl (C=O) groups excluding carboxylic acids is 1. The van der Waals surface area contributed by atoms with Gasteiger partial charge in [0.2, 0.25) is 0 Å². The van der Waals surface area contributed by atoms with Crippen molar-refractivity contribution in [2.75, 3.05) is 0 Å². The van der Waals surface area contributed by atoms with Crippen molar-refractivity contribution in [2.24, 2.45) is 0 Å². The minimum Gasteiger partial charge on any atom is -0.423 e. The van der Waals surface area contributed by atoms with E-state index in [-0.39, 0.29) is 12.5 Å². The number of fused-ring (bicyclic) bond motifs is 1. The first-order valence-corrected chi connectivity index (χ1v) is 7.83.